The van der Waals surface area contributed by atoms with Gasteiger partial charge in [-0.15, -0.1) is 0 Å². The van der Waals surface area contributed by atoms with Gasteiger partial charge < -0.3 is 15.3 Å². The molecule has 8 heteroatoms. The van der Waals surface area contributed by atoms with Gasteiger partial charge in [-0.05, 0) is 12.1 Å². The number of nitrogens with zero attached hydrogens (tertiary/aromatic N) is 1. The molecule has 0 spiro atoms. The first kappa shape index (κ1) is 15.9. The van der Waals surface area contributed by atoms with E-state index < -0.39 is 41.9 Å². The molecule has 0 aliphatic rings. The first-order valence-electron chi connectivity index (χ1n) is 5.36. The maximum absolute atomic E-state index is 12.5. The fourth-order valence-electron chi connectivity index (χ4n) is 1.59. The molecule has 2 unspecified atom stereocenters. The van der Waals surface area contributed by atoms with Gasteiger partial charge in [0.15, 0.2) is 0 Å². The Hall–Kier alpha value is -2.11. The highest BCUT2D eigenvalue weighted by Crippen LogP contribution is 2.32. The van der Waals surface area contributed by atoms with Gasteiger partial charge >= 0.3 is 12.1 Å². The van der Waals surface area contributed by atoms with Gasteiger partial charge in [-0.1, -0.05) is 6.07 Å². The van der Waals surface area contributed by atoms with Crippen LogP contribution in [0.2, 0.25) is 0 Å². The number of rotatable bonds is 4. The largest absolute Gasteiger partial charge is 0.481 e. The molecule has 0 amide bonds. The van der Waals surface area contributed by atoms with Crippen LogP contribution in [0.25, 0.3) is 0 Å². The molecule has 1 aromatic rings. The van der Waals surface area contributed by atoms with Crippen LogP contribution < -0.4 is 0 Å². The molecular weight excluding hydrogens is 279 g/mol. The summed E-state index contributed by atoms with van der Waals surface area (Å²) in [5, 5.41) is 36.4. The van der Waals surface area contributed by atoms with Gasteiger partial charge in [-0.3, -0.25) is 4.79 Å². The van der Waals surface area contributed by atoms with Crippen LogP contribution in [0.4, 0.5) is 13.2 Å². The van der Waals surface area contributed by atoms with Crippen LogP contribution in [0.5, 0.6) is 0 Å². The summed E-state index contributed by atoms with van der Waals surface area (Å²) in [5.41, 5.74) is -1.80. The predicted molar refractivity (Wildman–Crippen MR) is 59.4 cm³/mol. The number of benzene rings is 1. The molecule has 108 valence electrons. The zero-order chi connectivity index (χ0) is 15.5. The van der Waals surface area contributed by atoms with Crippen molar-refractivity contribution in [2.24, 2.45) is 0 Å². The molecule has 1 rings (SSSR count). The third-order valence-electron chi connectivity index (χ3n) is 2.57. The fourth-order valence-corrected chi connectivity index (χ4v) is 1.59. The highest BCUT2D eigenvalue weighted by molar-refractivity contribution is 5.67. The Kier molecular flexibility index (Phi) is 4.70. The van der Waals surface area contributed by atoms with Crippen LogP contribution in [-0.4, -0.2) is 27.4 Å². The van der Waals surface area contributed by atoms with E-state index >= 15 is 0 Å². The Bertz CT molecular complexity index is 551. The van der Waals surface area contributed by atoms with Gasteiger partial charge in [0.05, 0.1) is 29.7 Å². The molecule has 1 aromatic carbocycles. The molecular formula is C12H10F3NO4. The third-order valence-corrected chi connectivity index (χ3v) is 2.57. The maximum Gasteiger partial charge on any atom is 0.416 e. The monoisotopic (exact) mass is 289 g/mol. The van der Waals surface area contributed by atoms with E-state index in [-0.39, 0.29) is 5.56 Å². The topological polar surface area (TPSA) is 102 Å². The molecule has 0 saturated heterocycles. The molecule has 5 nitrogen and oxygen atoms in total. The van der Waals surface area contributed by atoms with Gasteiger partial charge in [-0.2, -0.15) is 18.4 Å². The predicted octanol–water partition coefficient (Wildman–Crippen LogP) is 1.45. The summed E-state index contributed by atoms with van der Waals surface area (Å²) in [6.07, 6.45) is -8.93. The lowest BCUT2D eigenvalue weighted by Gasteiger charge is -2.18. The van der Waals surface area contributed by atoms with Crippen LogP contribution >= 0.6 is 0 Å². The highest BCUT2D eigenvalue weighted by atomic mass is 19.4. The molecule has 0 bridgehead atoms. The fraction of sp³-hybridized carbons (Fsp3) is 0.333. The molecule has 2 atom stereocenters. The summed E-state index contributed by atoms with van der Waals surface area (Å²) < 4.78 is 37.4. The van der Waals surface area contributed by atoms with Crippen molar-refractivity contribution in [1.29, 1.82) is 5.26 Å². The van der Waals surface area contributed by atoms with Crippen LogP contribution in [0.3, 0.4) is 0 Å². The second-order valence-corrected chi connectivity index (χ2v) is 4.02. The third kappa shape index (κ3) is 3.69. The number of halogens is 3. The summed E-state index contributed by atoms with van der Waals surface area (Å²) in [6, 6.07) is 3.50. The molecule has 0 fully saturated rings. The Morgan fingerprint density at radius 2 is 1.95 bits per heavy atom. The van der Waals surface area contributed by atoms with Crippen LogP contribution in [0.15, 0.2) is 18.2 Å². The standard InChI is InChI=1S/C12H10F3NO4/c13-12(14,15)7-1-2-8(6(3-7)5-16)11(20)9(17)4-10(18)19/h1-3,9,11,17,20H,4H2,(H,18,19). The molecule has 0 radical (unpaired) electrons. The number of nitriles is 1. The molecule has 0 aromatic heterocycles. The summed E-state index contributed by atoms with van der Waals surface area (Å²) in [5.74, 6) is -1.39. The van der Waals surface area contributed by atoms with E-state index in [9.17, 15) is 28.2 Å². The van der Waals surface area contributed by atoms with E-state index in [0.717, 1.165) is 6.07 Å². The second kappa shape index (κ2) is 5.90. The van der Waals surface area contributed by atoms with Gasteiger partial charge in [0.25, 0.3) is 0 Å². The zero-order valence-electron chi connectivity index (χ0n) is 9.92. The lowest BCUT2D eigenvalue weighted by atomic mass is 9.96. The minimum Gasteiger partial charge on any atom is -0.481 e. The Labute approximate surface area is 111 Å². The summed E-state index contributed by atoms with van der Waals surface area (Å²) in [6.45, 7) is 0. The molecule has 0 heterocycles. The number of carboxylic acids is 1. The molecule has 0 saturated carbocycles. The SMILES string of the molecule is N#Cc1cc(C(F)(F)F)ccc1C(O)C(O)CC(=O)O. The van der Waals surface area contributed by atoms with Crippen LogP contribution in [0, 0.1) is 11.3 Å². The molecule has 3 N–H and O–H groups in total. The first-order valence-corrected chi connectivity index (χ1v) is 5.36. The normalized spacial score (nSPS) is 14.4. The van der Waals surface area contributed by atoms with E-state index in [2.05, 4.69) is 0 Å². The van der Waals surface area contributed by atoms with Crippen molar-refractivity contribution >= 4 is 5.97 Å². The number of carbonyl (C=O) groups is 1. The number of hydrogen-bond acceptors (Lipinski definition) is 4. The average molecular weight is 289 g/mol. The van der Waals surface area contributed by atoms with Gasteiger partial charge in [0.1, 0.15) is 6.10 Å². The Morgan fingerprint density at radius 3 is 2.40 bits per heavy atom. The average Bonchev–Trinajstić information content (AvgIpc) is 2.35. The van der Waals surface area contributed by atoms with E-state index in [0.29, 0.717) is 12.1 Å². The number of aliphatic hydroxyl groups is 2. The number of hydrogen-bond donors (Lipinski definition) is 3. The van der Waals surface area contributed by atoms with Gasteiger partial charge in [0, 0.05) is 5.56 Å². The lowest BCUT2D eigenvalue weighted by molar-refractivity contribution is -0.141. The highest BCUT2D eigenvalue weighted by Gasteiger charge is 2.32. The van der Waals surface area contributed by atoms with Crippen molar-refractivity contribution in [3.63, 3.8) is 0 Å². The van der Waals surface area contributed by atoms with Crippen molar-refractivity contribution in [3.05, 3.63) is 34.9 Å². The number of aliphatic hydroxyl groups excluding tert-OH is 2. The summed E-state index contributed by atoms with van der Waals surface area (Å²) >= 11 is 0. The van der Waals surface area contributed by atoms with Crippen LogP contribution in [-0.2, 0) is 11.0 Å². The zero-order valence-corrected chi connectivity index (χ0v) is 9.92. The van der Waals surface area contributed by atoms with E-state index in [1.807, 2.05) is 0 Å². The molecule has 20 heavy (non-hydrogen) atoms. The minimum absolute atomic E-state index is 0.255. The number of carboxylic acid groups (broad SMARTS) is 1. The number of alkyl halides is 3. The quantitative estimate of drug-likeness (QED) is 0.778. The van der Waals surface area contributed by atoms with E-state index in [1.54, 1.807) is 0 Å². The maximum atomic E-state index is 12.5. The lowest BCUT2D eigenvalue weighted by Crippen LogP contribution is -2.22. The first-order chi connectivity index (χ1) is 9.16. The van der Waals surface area contributed by atoms with Crippen molar-refractivity contribution in [3.8, 4) is 6.07 Å². The van der Waals surface area contributed by atoms with Crippen molar-refractivity contribution in [2.75, 3.05) is 0 Å². The molecule has 0 aliphatic heterocycles. The Balaban J connectivity index is 3.14. The van der Waals surface area contributed by atoms with Gasteiger partial charge in [0.2, 0.25) is 0 Å². The number of aliphatic carboxylic acids is 1. The van der Waals surface area contributed by atoms with E-state index in [4.69, 9.17) is 10.4 Å². The van der Waals surface area contributed by atoms with Crippen LogP contribution in [0.1, 0.15) is 29.2 Å². The van der Waals surface area contributed by atoms with Gasteiger partial charge in [-0.25, -0.2) is 0 Å². The van der Waals surface area contributed by atoms with Crippen molar-refractivity contribution in [1.82, 2.24) is 0 Å². The second-order valence-electron chi connectivity index (χ2n) is 4.02. The Morgan fingerprint density at radius 1 is 1.35 bits per heavy atom. The minimum atomic E-state index is -4.64. The van der Waals surface area contributed by atoms with Crippen molar-refractivity contribution in [2.45, 2.75) is 24.8 Å². The molecule has 0 aliphatic carbocycles. The van der Waals surface area contributed by atoms with E-state index in [1.165, 1.54) is 6.07 Å². The smallest absolute Gasteiger partial charge is 0.416 e. The van der Waals surface area contributed by atoms with Crippen molar-refractivity contribution < 1.29 is 33.3 Å². The summed E-state index contributed by atoms with van der Waals surface area (Å²) in [4.78, 5) is 10.4. The summed E-state index contributed by atoms with van der Waals surface area (Å²) in [7, 11) is 0.